The zero-order valence-electron chi connectivity index (χ0n) is 8.66. The molecule has 0 aliphatic carbocycles. The third-order valence-corrected chi connectivity index (χ3v) is 2.49. The second-order valence-electron chi connectivity index (χ2n) is 3.12. The molecule has 0 amide bonds. The fourth-order valence-corrected chi connectivity index (χ4v) is 1.59. The van der Waals surface area contributed by atoms with Gasteiger partial charge in [-0.3, -0.25) is 0 Å². The molecule has 0 fully saturated rings. The van der Waals surface area contributed by atoms with Crippen LogP contribution in [0.25, 0.3) is 0 Å². The van der Waals surface area contributed by atoms with E-state index in [9.17, 15) is 0 Å². The molecule has 14 heavy (non-hydrogen) atoms. The second kappa shape index (κ2) is 7.91. The zero-order valence-corrected chi connectivity index (χ0v) is 9.48. The molecule has 0 atom stereocenters. The van der Waals surface area contributed by atoms with Gasteiger partial charge in [-0.1, -0.05) is 13.3 Å². The van der Waals surface area contributed by atoms with E-state index in [2.05, 4.69) is 22.6 Å². The van der Waals surface area contributed by atoms with Gasteiger partial charge in [0, 0.05) is 25.1 Å². The maximum absolute atomic E-state index is 5.41. The minimum Gasteiger partial charge on any atom is -0.380 e. The second-order valence-corrected chi connectivity index (χ2v) is 3.84. The molecule has 0 saturated carbocycles. The molecule has 1 aromatic heterocycles. The number of ether oxygens (including phenoxy) is 1. The number of hydrogen-bond donors (Lipinski definition) is 1. The Labute approximate surface area is 89.5 Å². The molecule has 1 heterocycles. The molecule has 80 valence electrons. The smallest absolute Gasteiger partial charge is 0.0795 e. The molecule has 0 aliphatic heterocycles. The molecule has 3 nitrogen and oxygen atoms in total. The minimum absolute atomic E-state index is 0.796. The monoisotopic (exact) mass is 214 g/mol. The van der Waals surface area contributed by atoms with E-state index in [1.54, 1.807) is 11.3 Å². The molecule has 1 aromatic rings. The Bertz CT molecular complexity index is 214. The van der Waals surface area contributed by atoms with E-state index >= 15 is 0 Å². The quantitative estimate of drug-likeness (QED) is 0.673. The molecular weight excluding hydrogens is 196 g/mol. The summed E-state index contributed by atoms with van der Waals surface area (Å²) in [5.74, 6) is 0. The lowest BCUT2D eigenvalue weighted by Gasteiger charge is -2.03. The topological polar surface area (TPSA) is 34.1 Å². The van der Waals surface area contributed by atoms with E-state index in [-0.39, 0.29) is 0 Å². The van der Waals surface area contributed by atoms with Crippen molar-refractivity contribution in [3.63, 3.8) is 0 Å². The number of aromatic nitrogens is 1. The lowest BCUT2D eigenvalue weighted by atomic mass is 10.4. The molecule has 0 spiro atoms. The van der Waals surface area contributed by atoms with Crippen LogP contribution in [-0.4, -0.2) is 24.7 Å². The van der Waals surface area contributed by atoms with Crippen LogP contribution in [0, 0.1) is 0 Å². The number of rotatable bonds is 8. The Hall–Kier alpha value is -0.450. The van der Waals surface area contributed by atoms with Crippen LogP contribution in [-0.2, 0) is 11.3 Å². The van der Waals surface area contributed by atoms with Gasteiger partial charge < -0.3 is 10.1 Å². The summed E-state index contributed by atoms with van der Waals surface area (Å²) in [6, 6.07) is 0. The Balaban J connectivity index is 1.85. The Morgan fingerprint density at radius 1 is 1.50 bits per heavy atom. The van der Waals surface area contributed by atoms with Crippen LogP contribution in [0.2, 0.25) is 0 Å². The number of nitrogens with zero attached hydrogens (tertiary/aromatic N) is 1. The van der Waals surface area contributed by atoms with Gasteiger partial charge in [0.1, 0.15) is 0 Å². The molecule has 4 heteroatoms. The van der Waals surface area contributed by atoms with E-state index < -0.39 is 0 Å². The van der Waals surface area contributed by atoms with Gasteiger partial charge in [0.05, 0.1) is 17.8 Å². The van der Waals surface area contributed by atoms with Crippen LogP contribution in [0.15, 0.2) is 10.9 Å². The van der Waals surface area contributed by atoms with Crippen molar-refractivity contribution in [2.45, 2.75) is 26.3 Å². The molecular formula is C10H18N2OS. The van der Waals surface area contributed by atoms with Crippen molar-refractivity contribution in [3.8, 4) is 0 Å². The highest BCUT2D eigenvalue weighted by Gasteiger charge is 1.93. The van der Waals surface area contributed by atoms with Crippen LogP contribution < -0.4 is 5.32 Å². The fraction of sp³-hybridized carbons (Fsp3) is 0.700. The van der Waals surface area contributed by atoms with E-state index in [4.69, 9.17) is 4.74 Å². The number of nitrogens with one attached hydrogen (secondary N) is 1. The summed E-state index contributed by atoms with van der Waals surface area (Å²) in [4.78, 5) is 4.18. The van der Waals surface area contributed by atoms with Gasteiger partial charge >= 0.3 is 0 Å². The first-order valence-electron chi connectivity index (χ1n) is 5.09. The normalized spacial score (nSPS) is 10.6. The first kappa shape index (κ1) is 11.6. The summed E-state index contributed by atoms with van der Waals surface area (Å²) in [5, 5.41) is 5.34. The predicted octanol–water partition coefficient (Wildman–Crippen LogP) is 2.05. The molecule has 0 bridgehead atoms. The molecule has 0 aliphatic rings. The minimum atomic E-state index is 0.796. The largest absolute Gasteiger partial charge is 0.380 e. The van der Waals surface area contributed by atoms with Crippen LogP contribution in [0.5, 0.6) is 0 Å². The van der Waals surface area contributed by atoms with Crippen molar-refractivity contribution in [1.29, 1.82) is 0 Å². The highest BCUT2D eigenvalue weighted by Crippen LogP contribution is 1.99. The maximum Gasteiger partial charge on any atom is 0.0795 e. The van der Waals surface area contributed by atoms with Gasteiger partial charge in [0.2, 0.25) is 0 Å². The highest BCUT2D eigenvalue weighted by atomic mass is 32.1. The van der Waals surface area contributed by atoms with Gasteiger partial charge in [0.25, 0.3) is 0 Å². The molecule has 0 radical (unpaired) electrons. The lowest BCUT2D eigenvalue weighted by molar-refractivity contribution is 0.133. The van der Waals surface area contributed by atoms with Crippen molar-refractivity contribution in [1.82, 2.24) is 10.3 Å². The van der Waals surface area contributed by atoms with Crippen molar-refractivity contribution in [2.24, 2.45) is 0 Å². The van der Waals surface area contributed by atoms with Crippen molar-refractivity contribution < 1.29 is 4.74 Å². The Morgan fingerprint density at radius 2 is 2.43 bits per heavy atom. The molecule has 1 N–H and O–H groups in total. The molecule has 1 rings (SSSR count). The van der Waals surface area contributed by atoms with Crippen LogP contribution in [0.1, 0.15) is 25.5 Å². The van der Waals surface area contributed by atoms with Crippen molar-refractivity contribution >= 4 is 11.3 Å². The van der Waals surface area contributed by atoms with E-state index in [1.165, 1.54) is 6.42 Å². The number of hydrogen-bond acceptors (Lipinski definition) is 4. The molecule has 0 unspecified atom stereocenters. The van der Waals surface area contributed by atoms with Gasteiger partial charge in [-0.15, -0.1) is 11.3 Å². The van der Waals surface area contributed by atoms with E-state index in [1.807, 2.05) is 5.51 Å². The molecule has 0 saturated heterocycles. The summed E-state index contributed by atoms with van der Waals surface area (Å²) in [5.41, 5.74) is 2.97. The summed E-state index contributed by atoms with van der Waals surface area (Å²) < 4.78 is 5.41. The highest BCUT2D eigenvalue weighted by molar-refractivity contribution is 7.07. The zero-order chi connectivity index (χ0) is 10.1. The molecule has 0 aromatic carbocycles. The van der Waals surface area contributed by atoms with Crippen LogP contribution in [0.3, 0.4) is 0 Å². The summed E-state index contributed by atoms with van der Waals surface area (Å²) in [7, 11) is 0. The van der Waals surface area contributed by atoms with Gasteiger partial charge in [-0.2, -0.15) is 0 Å². The third-order valence-electron chi connectivity index (χ3n) is 1.85. The Kier molecular flexibility index (Phi) is 6.57. The SMILES string of the molecule is CCCCOCCNCc1cscn1. The first-order valence-corrected chi connectivity index (χ1v) is 6.03. The predicted molar refractivity (Wildman–Crippen MR) is 59.5 cm³/mol. The first-order chi connectivity index (χ1) is 6.93. The van der Waals surface area contributed by atoms with E-state index in [0.717, 1.165) is 38.4 Å². The van der Waals surface area contributed by atoms with Gasteiger partial charge in [0.15, 0.2) is 0 Å². The van der Waals surface area contributed by atoms with Gasteiger partial charge in [-0.05, 0) is 6.42 Å². The summed E-state index contributed by atoms with van der Waals surface area (Å²) >= 11 is 1.63. The average molecular weight is 214 g/mol. The van der Waals surface area contributed by atoms with Gasteiger partial charge in [-0.25, -0.2) is 4.98 Å². The van der Waals surface area contributed by atoms with Crippen molar-refractivity contribution in [3.05, 3.63) is 16.6 Å². The fourth-order valence-electron chi connectivity index (χ4n) is 1.03. The average Bonchev–Trinajstić information content (AvgIpc) is 2.69. The van der Waals surface area contributed by atoms with E-state index in [0.29, 0.717) is 0 Å². The number of thiazole rings is 1. The third kappa shape index (κ3) is 5.32. The number of unbranched alkanes of at least 4 members (excludes halogenated alkanes) is 1. The maximum atomic E-state index is 5.41. The lowest BCUT2D eigenvalue weighted by Crippen LogP contribution is -2.19. The standard InChI is InChI=1S/C10H18N2OS/c1-2-3-5-13-6-4-11-7-10-8-14-9-12-10/h8-9,11H,2-7H2,1H3. The Morgan fingerprint density at radius 3 is 3.14 bits per heavy atom. The summed E-state index contributed by atoms with van der Waals surface area (Å²) in [6.45, 7) is 5.60. The van der Waals surface area contributed by atoms with Crippen LogP contribution in [0.4, 0.5) is 0 Å². The van der Waals surface area contributed by atoms with Crippen molar-refractivity contribution in [2.75, 3.05) is 19.8 Å². The summed E-state index contributed by atoms with van der Waals surface area (Å²) in [6.07, 6.45) is 2.36. The van der Waals surface area contributed by atoms with Crippen LogP contribution >= 0.6 is 11.3 Å².